The van der Waals surface area contributed by atoms with Crippen molar-refractivity contribution in [3.63, 3.8) is 0 Å². The number of hydrogen-bond donors (Lipinski definition) is 1. The second kappa shape index (κ2) is 8.00. The van der Waals surface area contributed by atoms with Gasteiger partial charge in [-0.3, -0.25) is 9.59 Å². The average Bonchev–Trinajstić information content (AvgIpc) is 2.63. The third kappa shape index (κ3) is 4.40. The second-order valence-corrected chi connectivity index (χ2v) is 7.41. The highest BCUT2D eigenvalue weighted by molar-refractivity contribution is 5.88. The normalized spacial score (nSPS) is 20.6. The molecular formula is C20H28N2O3. The van der Waals surface area contributed by atoms with Crippen molar-refractivity contribution in [1.29, 1.82) is 0 Å². The third-order valence-corrected chi connectivity index (χ3v) is 5.44. The maximum absolute atomic E-state index is 12.6. The van der Waals surface area contributed by atoms with Gasteiger partial charge in [0.2, 0.25) is 5.91 Å². The van der Waals surface area contributed by atoms with Gasteiger partial charge in [-0.2, -0.15) is 0 Å². The minimum absolute atomic E-state index is 0.0445. The van der Waals surface area contributed by atoms with E-state index in [1.807, 2.05) is 25.1 Å². The van der Waals surface area contributed by atoms with Crippen molar-refractivity contribution < 1.29 is 14.7 Å². The molecule has 1 aromatic rings. The molecule has 136 valence electrons. The minimum atomic E-state index is -0.948. The molecule has 1 aliphatic heterocycles. The molecule has 2 aliphatic rings. The number of hydrogen-bond acceptors (Lipinski definition) is 3. The summed E-state index contributed by atoms with van der Waals surface area (Å²) in [5.74, 6) is -0.255. The Balaban J connectivity index is 1.55. The summed E-state index contributed by atoms with van der Waals surface area (Å²) < 4.78 is 0. The van der Waals surface area contributed by atoms with E-state index in [4.69, 9.17) is 0 Å². The fourth-order valence-electron chi connectivity index (χ4n) is 3.93. The number of aryl methyl sites for hydroxylation is 1. The molecule has 0 unspecified atom stereocenters. The van der Waals surface area contributed by atoms with Crippen molar-refractivity contribution >= 4 is 11.8 Å². The van der Waals surface area contributed by atoms with E-state index in [1.165, 1.54) is 16.9 Å². The molecule has 0 spiro atoms. The summed E-state index contributed by atoms with van der Waals surface area (Å²) in [6, 6.07) is 8.13. The quantitative estimate of drug-likeness (QED) is 0.910. The highest BCUT2D eigenvalue weighted by atomic mass is 16.3. The predicted octanol–water partition coefficient (Wildman–Crippen LogP) is 2.11. The number of rotatable bonds is 4. The molecule has 3 rings (SSSR count). The Labute approximate surface area is 149 Å². The van der Waals surface area contributed by atoms with Crippen LogP contribution in [0.5, 0.6) is 0 Å². The Bertz CT molecular complexity index is 625. The number of carbonyl (C=O) groups excluding carboxylic acids is 2. The van der Waals surface area contributed by atoms with Gasteiger partial charge in [0.1, 0.15) is 6.10 Å². The molecule has 0 aromatic heterocycles. The van der Waals surface area contributed by atoms with Gasteiger partial charge in [0.15, 0.2) is 0 Å². The smallest absolute Gasteiger partial charge is 0.252 e. The summed E-state index contributed by atoms with van der Waals surface area (Å²) in [5, 5.41) is 10.4. The molecule has 5 heteroatoms. The van der Waals surface area contributed by atoms with E-state index in [2.05, 4.69) is 6.07 Å². The van der Waals surface area contributed by atoms with Gasteiger partial charge in [0.05, 0.1) is 6.54 Å². The molecule has 1 aromatic carbocycles. The SMILES string of the molecule is Cc1cccc(CN2CCN(C(=O)[C@H](O)C3CCCCC3)CC2=O)c1. The van der Waals surface area contributed by atoms with E-state index in [9.17, 15) is 14.7 Å². The van der Waals surface area contributed by atoms with Crippen LogP contribution in [-0.4, -0.2) is 52.5 Å². The minimum Gasteiger partial charge on any atom is -0.383 e. The van der Waals surface area contributed by atoms with Crippen molar-refractivity contribution in [3.05, 3.63) is 35.4 Å². The number of nitrogens with zero attached hydrogens (tertiary/aromatic N) is 2. The van der Waals surface area contributed by atoms with E-state index >= 15 is 0 Å². The summed E-state index contributed by atoms with van der Waals surface area (Å²) >= 11 is 0. The first-order valence-corrected chi connectivity index (χ1v) is 9.35. The number of amides is 2. The van der Waals surface area contributed by atoms with Gasteiger partial charge in [0, 0.05) is 19.6 Å². The van der Waals surface area contributed by atoms with E-state index in [-0.39, 0.29) is 24.3 Å². The van der Waals surface area contributed by atoms with Crippen LogP contribution in [0.15, 0.2) is 24.3 Å². The van der Waals surface area contributed by atoms with Gasteiger partial charge in [0.25, 0.3) is 5.91 Å². The van der Waals surface area contributed by atoms with Crippen LogP contribution in [0.25, 0.3) is 0 Å². The van der Waals surface area contributed by atoms with Crippen LogP contribution in [0.3, 0.4) is 0 Å². The molecule has 1 saturated carbocycles. The lowest BCUT2D eigenvalue weighted by molar-refractivity contribution is -0.153. The molecule has 1 saturated heterocycles. The Morgan fingerprint density at radius 2 is 2.00 bits per heavy atom. The fraction of sp³-hybridized carbons (Fsp3) is 0.600. The number of benzene rings is 1. The number of aliphatic hydroxyl groups excluding tert-OH is 1. The number of carbonyl (C=O) groups is 2. The summed E-state index contributed by atoms with van der Waals surface area (Å²) in [4.78, 5) is 28.3. The molecule has 1 atom stereocenters. The average molecular weight is 344 g/mol. The predicted molar refractivity (Wildman–Crippen MR) is 95.8 cm³/mol. The maximum atomic E-state index is 12.6. The van der Waals surface area contributed by atoms with E-state index < -0.39 is 6.10 Å². The lowest BCUT2D eigenvalue weighted by Crippen LogP contribution is -2.55. The fourth-order valence-corrected chi connectivity index (χ4v) is 3.93. The topological polar surface area (TPSA) is 60.9 Å². The van der Waals surface area contributed by atoms with Crippen LogP contribution < -0.4 is 0 Å². The maximum Gasteiger partial charge on any atom is 0.252 e. The standard InChI is InChI=1S/C20H28N2O3/c1-15-6-5-7-16(12-15)13-21-10-11-22(14-18(21)23)20(25)19(24)17-8-3-2-4-9-17/h5-7,12,17,19,24H,2-4,8-11,13-14H2,1H3/t19-/m1/s1. The largest absolute Gasteiger partial charge is 0.383 e. The summed E-state index contributed by atoms with van der Waals surface area (Å²) in [5.41, 5.74) is 2.28. The lowest BCUT2D eigenvalue weighted by Gasteiger charge is -2.37. The molecule has 5 nitrogen and oxygen atoms in total. The van der Waals surface area contributed by atoms with Crippen molar-refractivity contribution in [2.75, 3.05) is 19.6 Å². The summed E-state index contributed by atoms with van der Waals surface area (Å²) in [6.07, 6.45) is 4.23. The molecule has 1 heterocycles. The first-order chi connectivity index (χ1) is 12.0. The molecule has 0 bridgehead atoms. The molecule has 2 amide bonds. The van der Waals surface area contributed by atoms with Gasteiger partial charge in [-0.1, -0.05) is 49.1 Å². The van der Waals surface area contributed by atoms with Crippen molar-refractivity contribution in [2.24, 2.45) is 5.92 Å². The van der Waals surface area contributed by atoms with Crippen LogP contribution in [-0.2, 0) is 16.1 Å². The highest BCUT2D eigenvalue weighted by Crippen LogP contribution is 2.27. The van der Waals surface area contributed by atoms with Crippen LogP contribution in [0, 0.1) is 12.8 Å². The zero-order valence-electron chi connectivity index (χ0n) is 15.0. The first-order valence-electron chi connectivity index (χ1n) is 9.35. The summed E-state index contributed by atoms with van der Waals surface area (Å²) in [6.45, 7) is 3.72. The molecule has 1 N–H and O–H groups in total. The Kier molecular flexibility index (Phi) is 5.74. The van der Waals surface area contributed by atoms with Gasteiger partial charge >= 0.3 is 0 Å². The van der Waals surface area contributed by atoms with Crippen molar-refractivity contribution in [2.45, 2.75) is 51.7 Å². The van der Waals surface area contributed by atoms with Crippen molar-refractivity contribution in [1.82, 2.24) is 9.80 Å². The summed E-state index contributed by atoms with van der Waals surface area (Å²) in [7, 11) is 0. The Morgan fingerprint density at radius 1 is 1.24 bits per heavy atom. The molecule has 0 radical (unpaired) electrons. The van der Waals surface area contributed by atoms with Gasteiger partial charge in [-0.15, -0.1) is 0 Å². The molecule has 2 fully saturated rings. The van der Waals surface area contributed by atoms with Gasteiger partial charge in [-0.05, 0) is 31.2 Å². The third-order valence-electron chi connectivity index (χ3n) is 5.44. The number of aliphatic hydroxyl groups is 1. The second-order valence-electron chi connectivity index (χ2n) is 7.41. The molecule has 25 heavy (non-hydrogen) atoms. The van der Waals surface area contributed by atoms with Crippen LogP contribution in [0.1, 0.15) is 43.2 Å². The lowest BCUT2D eigenvalue weighted by atomic mass is 9.85. The van der Waals surface area contributed by atoms with Crippen LogP contribution in [0.2, 0.25) is 0 Å². The zero-order valence-corrected chi connectivity index (χ0v) is 15.0. The Hall–Kier alpha value is -1.88. The molecular weight excluding hydrogens is 316 g/mol. The zero-order chi connectivity index (χ0) is 17.8. The highest BCUT2D eigenvalue weighted by Gasteiger charge is 2.34. The van der Waals surface area contributed by atoms with E-state index in [1.54, 1.807) is 4.90 Å². The number of piperazine rings is 1. The van der Waals surface area contributed by atoms with Gasteiger partial charge < -0.3 is 14.9 Å². The monoisotopic (exact) mass is 344 g/mol. The van der Waals surface area contributed by atoms with Crippen molar-refractivity contribution in [3.8, 4) is 0 Å². The van der Waals surface area contributed by atoms with Crippen LogP contribution >= 0.6 is 0 Å². The first kappa shape index (κ1) is 17.9. The van der Waals surface area contributed by atoms with E-state index in [0.29, 0.717) is 19.6 Å². The molecule has 1 aliphatic carbocycles. The Morgan fingerprint density at radius 3 is 2.68 bits per heavy atom. The van der Waals surface area contributed by atoms with Crippen LogP contribution in [0.4, 0.5) is 0 Å². The van der Waals surface area contributed by atoms with Gasteiger partial charge in [-0.25, -0.2) is 0 Å². The van der Waals surface area contributed by atoms with E-state index in [0.717, 1.165) is 31.2 Å².